The molecule has 3 aromatic rings. The third-order valence-electron chi connectivity index (χ3n) is 7.27. The van der Waals surface area contributed by atoms with E-state index < -0.39 is 11.4 Å². The van der Waals surface area contributed by atoms with Gasteiger partial charge in [0, 0.05) is 23.7 Å². The van der Waals surface area contributed by atoms with Gasteiger partial charge in [-0.05, 0) is 76.6 Å². The summed E-state index contributed by atoms with van der Waals surface area (Å²) in [4.78, 5) is 23.4. The van der Waals surface area contributed by atoms with Crippen molar-refractivity contribution in [1.82, 2.24) is 14.9 Å². The van der Waals surface area contributed by atoms with Crippen LogP contribution in [0.25, 0.3) is 10.9 Å². The molecule has 1 atom stereocenters. The molecule has 2 aliphatic rings. The first kappa shape index (κ1) is 28.2. The highest BCUT2D eigenvalue weighted by molar-refractivity contribution is 6.31. The lowest BCUT2D eigenvalue weighted by molar-refractivity contribution is 0.0186. The Morgan fingerprint density at radius 2 is 1.80 bits per heavy atom. The summed E-state index contributed by atoms with van der Waals surface area (Å²) in [7, 11) is 0. The lowest BCUT2D eigenvalue weighted by Gasteiger charge is -2.28. The molecule has 10 heteroatoms. The van der Waals surface area contributed by atoms with E-state index in [1.54, 1.807) is 11.0 Å². The van der Waals surface area contributed by atoms with Gasteiger partial charge in [-0.25, -0.2) is 19.2 Å². The molecule has 0 unspecified atom stereocenters. The van der Waals surface area contributed by atoms with Crippen LogP contribution in [0.4, 0.5) is 20.7 Å². The molecule has 214 valence electrons. The highest BCUT2D eigenvalue weighted by atomic mass is 35.5. The van der Waals surface area contributed by atoms with Crippen molar-refractivity contribution in [3.8, 4) is 11.5 Å². The zero-order valence-electron chi connectivity index (χ0n) is 23.2. The van der Waals surface area contributed by atoms with Gasteiger partial charge in [0.15, 0.2) is 11.5 Å². The Kier molecular flexibility index (Phi) is 8.49. The molecular formula is C30H36ClFN4O4. The molecule has 0 spiro atoms. The minimum atomic E-state index is -0.567. The number of hydrogen-bond donors (Lipinski definition) is 1. The van der Waals surface area contributed by atoms with E-state index in [2.05, 4.69) is 15.3 Å². The normalized spacial score (nSPS) is 17.8. The van der Waals surface area contributed by atoms with Crippen LogP contribution in [-0.4, -0.2) is 52.4 Å². The van der Waals surface area contributed by atoms with Crippen molar-refractivity contribution in [1.29, 1.82) is 0 Å². The van der Waals surface area contributed by atoms with Crippen molar-refractivity contribution in [3.63, 3.8) is 0 Å². The van der Waals surface area contributed by atoms with Crippen LogP contribution in [0.1, 0.15) is 59.3 Å². The number of nitrogens with one attached hydrogen (secondary N) is 1. The van der Waals surface area contributed by atoms with Crippen LogP contribution in [0.5, 0.6) is 11.5 Å². The Morgan fingerprint density at radius 1 is 1.05 bits per heavy atom. The highest BCUT2D eigenvalue weighted by Gasteiger charge is 2.33. The van der Waals surface area contributed by atoms with Crippen LogP contribution in [0.3, 0.4) is 0 Å². The number of likely N-dealkylation sites (tertiary alicyclic amines) is 1. The molecule has 1 saturated heterocycles. The second-order valence-corrected chi connectivity index (χ2v) is 11.9. The third kappa shape index (κ3) is 6.86. The van der Waals surface area contributed by atoms with E-state index in [1.165, 1.54) is 31.3 Å². The monoisotopic (exact) mass is 570 g/mol. The number of hydrogen-bond acceptors (Lipinski definition) is 7. The average molecular weight is 571 g/mol. The molecule has 40 heavy (non-hydrogen) atoms. The smallest absolute Gasteiger partial charge is 0.410 e. The van der Waals surface area contributed by atoms with Gasteiger partial charge in [-0.15, -0.1) is 0 Å². The molecule has 1 aliphatic heterocycles. The minimum Gasteiger partial charge on any atom is -0.489 e. The third-order valence-corrected chi connectivity index (χ3v) is 7.56. The van der Waals surface area contributed by atoms with Gasteiger partial charge in [-0.2, -0.15) is 0 Å². The van der Waals surface area contributed by atoms with Gasteiger partial charge in [0.05, 0.1) is 23.2 Å². The number of halogens is 2. The first-order valence-corrected chi connectivity index (χ1v) is 14.3. The minimum absolute atomic E-state index is 0.0149. The van der Waals surface area contributed by atoms with E-state index >= 15 is 0 Å². The number of fused-ring (bicyclic) bond motifs is 1. The molecule has 0 bridgehead atoms. The maximum atomic E-state index is 13.7. The van der Waals surface area contributed by atoms with E-state index in [1.807, 2.05) is 32.9 Å². The number of nitrogens with zero attached hydrogens (tertiary/aromatic N) is 3. The fourth-order valence-electron chi connectivity index (χ4n) is 5.24. The summed E-state index contributed by atoms with van der Waals surface area (Å²) in [6, 6.07) is 8.02. The molecule has 1 aliphatic carbocycles. The van der Waals surface area contributed by atoms with Crippen LogP contribution < -0.4 is 14.8 Å². The Hall–Kier alpha value is -3.33. The summed E-state index contributed by atoms with van der Waals surface area (Å²) >= 11 is 5.98. The standard InChI is InChI=1S/C30H36ClFN4O4/c1-30(2,3)40-29(37)36-12-6-9-21(36)17-39-26-14-22-25(15-27(26)38-16-19-7-4-5-8-19)33-18-34-28(22)35-20-10-11-24(32)23(31)13-20/h10-11,13-15,18-19,21H,4-9,12,16-17H2,1-3H3,(H,33,34,35)/t21-/m0/s1. The summed E-state index contributed by atoms with van der Waals surface area (Å²) in [6.45, 7) is 7.14. The number of carbonyl (C=O) groups is 1. The number of carbonyl (C=O) groups excluding carboxylic acids is 1. The van der Waals surface area contributed by atoms with E-state index in [0.29, 0.717) is 59.6 Å². The van der Waals surface area contributed by atoms with Crippen molar-refractivity contribution in [3.05, 3.63) is 47.5 Å². The second kappa shape index (κ2) is 12.0. The quantitative estimate of drug-likeness (QED) is 0.300. The van der Waals surface area contributed by atoms with Crippen LogP contribution in [-0.2, 0) is 4.74 Å². The maximum absolute atomic E-state index is 13.7. The lowest BCUT2D eigenvalue weighted by Crippen LogP contribution is -2.42. The molecule has 2 aromatic carbocycles. The predicted octanol–water partition coefficient (Wildman–Crippen LogP) is 7.51. The first-order chi connectivity index (χ1) is 19.2. The maximum Gasteiger partial charge on any atom is 0.410 e. The van der Waals surface area contributed by atoms with Gasteiger partial charge >= 0.3 is 6.09 Å². The Bertz CT molecular complexity index is 1360. The van der Waals surface area contributed by atoms with Gasteiger partial charge in [0.25, 0.3) is 0 Å². The van der Waals surface area contributed by atoms with Crippen LogP contribution in [0.15, 0.2) is 36.7 Å². The zero-order chi connectivity index (χ0) is 28.3. The topological polar surface area (TPSA) is 85.8 Å². The summed E-state index contributed by atoms with van der Waals surface area (Å²) in [5, 5.41) is 3.94. The SMILES string of the molecule is CC(C)(C)OC(=O)N1CCC[C@H]1COc1cc2c(Nc3ccc(F)c(Cl)c3)ncnc2cc1OCC1CCCC1. The largest absolute Gasteiger partial charge is 0.489 e. The lowest BCUT2D eigenvalue weighted by atomic mass is 10.1. The molecule has 0 radical (unpaired) electrons. The van der Waals surface area contributed by atoms with E-state index in [4.69, 9.17) is 25.8 Å². The molecule has 1 N–H and O–H groups in total. The van der Waals surface area contributed by atoms with Crippen LogP contribution in [0.2, 0.25) is 5.02 Å². The van der Waals surface area contributed by atoms with Crippen molar-refractivity contribution in [2.24, 2.45) is 5.92 Å². The molecule has 1 aromatic heterocycles. The summed E-state index contributed by atoms with van der Waals surface area (Å²) in [6.07, 6.45) is 7.63. The van der Waals surface area contributed by atoms with Gasteiger partial charge in [0.1, 0.15) is 30.2 Å². The molecule has 1 saturated carbocycles. The average Bonchev–Trinajstić information content (AvgIpc) is 3.60. The number of amides is 1. The Morgan fingerprint density at radius 3 is 2.55 bits per heavy atom. The van der Waals surface area contributed by atoms with Crippen LogP contribution >= 0.6 is 11.6 Å². The number of benzene rings is 2. The predicted molar refractivity (Wildman–Crippen MR) is 153 cm³/mol. The summed E-state index contributed by atoms with van der Waals surface area (Å²) in [5.41, 5.74) is 0.702. The highest BCUT2D eigenvalue weighted by Crippen LogP contribution is 2.37. The van der Waals surface area contributed by atoms with Crippen molar-refractivity contribution in [2.75, 3.05) is 25.1 Å². The number of ether oxygens (including phenoxy) is 3. The Labute approximate surface area is 239 Å². The van der Waals surface area contributed by atoms with E-state index in [9.17, 15) is 9.18 Å². The summed E-state index contributed by atoms with van der Waals surface area (Å²) in [5.74, 6) is 1.71. The number of rotatable bonds is 8. The molecule has 1 amide bonds. The molecule has 2 heterocycles. The van der Waals surface area contributed by atoms with Gasteiger partial charge in [0.2, 0.25) is 0 Å². The summed E-state index contributed by atoms with van der Waals surface area (Å²) < 4.78 is 32.0. The van der Waals surface area contributed by atoms with Crippen molar-refractivity contribution >= 4 is 40.1 Å². The fourth-order valence-corrected chi connectivity index (χ4v) is 5.42. The van der Waals surface area contributed by atoms with Gasteiger partial charge < -0.3 is 24.4 Å². The first-order valence-electron chi connectivity index (χ1n) is 13.9. The van der Waals surface area contributed by atoms with Crippen molar-refractivity contribution in [2.45, 2.75) is 70.9 Å². The van der Waals surface area contributed by atoms with Crippen molar-refractivity contribution < 1.29 is 23.4 Å². The second-order valence-electron chi connectivity index (χ2n) is 11.5. The molecule has 8 nitrogen and oxygen atoms in total. The van der Waals surface area contributed by atoms with Gasteiger partial charge in [-0.1, -0.05) is 24.4 Å². The van der Waals surface area contributed by atoms with E-state index in [-0.39, 0.29) is 17.2 Å². The Balaban J connectivity index is 1.41. The number of anilines is 2. The van der Waals surface area contributed by atoms with E-state index in [0.717, 1.165) is 25.7 Å². The fraction of sp³-hybridized carbons (Fsp3) is 0.500. The number of aromatic nitrogens is 2. The molecule has 5 rings (SSSR count). The van der Waals surface area contributed by atoms with Crippen LogP contribution in [0, 0.1) is 11.7 Å². The van der Waals surface area contributed by atoms with Gasteiger partial charge in [-0.3, -0.25) is 0 Å². The molecule has 2 fully saturated rings. The zero-order valence-corrected chi connectivity index (χ0v) is 24.0. The molecular weight excluding hydrogens is 535 g/mol.